The zero-order chi connectivity index (χ0) is 14.0. The van der Waals surface area contributed by atoms with Crippen LogP contribution in [0.1, 0.15) is 45.7 Å². The van der Waals surface area contributed by atoms with Crippen LogP contribution in [0.25, 0.3) is 5.57 Å². The third kappa shape index (κ3) is 4.28. The number of ether oxygens (including phenoxy) is 1. The van der Waals surface area contributed by atoms with Crippen LogP contribution in [0.4, 0.5) is 0 Å². The number of allylic oxidation sites excluding steroid dienone is 1. The van der Waals surface area contributed by atoms with Crippen LogP contribution in [-0.4, -0.2) is 17.3 Å². The van der Waals surface area contributed by atoms with Gasteiger partial charge in [-0.25, -0.2) is 0 Å². The van der Waals surface area contributed by atoms with E-state index in [0.717, 1.165) is 16.7 Å². The Bertz CT molecular complexity index is 408. The van der Waals surface area contributed by atoms with Crippen molar-refractivity contribution >= 4 is 5.57 Å². The van der Waals surface area contributed by atoms with Crippen molar-refractivity contribution < 1.29 is 9.84 Å². The molecule has 0 amide bonds. The fourth-order valence-electron chi connectivity index (χ4n) is 1.60. The maximum Gasteiger partial charge on any atom is 0.0876 e. The zero-order valence-corrected chi connectivity index (χ0v) is 12.1. The Morgan fingerprint density at radius 3 is 2.06 bits per heavy atom. The Hall–Kier alpha value is -1.12. The van der Waals surface area contributed by atoms with Crippen LogP contribution in [0, 0.1) is 0 Å². The van der Waals surface area contributed by atoms with Crippen LogP contribution in [0.15, 0.2) is 30.8 Å². The van der Waals surface area contributed by atoms with Gasteiger partial charge in [0.05, 0.1) is 17.8 Å². The molecule has 1 N–H and O–H groups in total. The lowest BCUT2D eigenvalue weighted by molar-refractivity contribution is -0.0944. The molecule has 1 aromatic rings. The van der Waals surface area contributed by atoms with Crippen molar-refractivity contribution in [2.24, 2.45) is 0 Å². The molecular weight excluding hydrogens is 224 g/mol. The first-order valence-electron chi connectivity index (χ1n) is 6.24. The van der Waals surface area contributed by atoms with E-state index in [2.05, 4.69) is 6.58 Å². The van der Waals surface area contributed by atoms with Crippen LogP contribution < -0.4 is 0 Å². The van der Waals surface area contributed by atoms with Gasteiger partial charge in [-0.2, -0.15) is 0 Å². The predicted molar refractivity (Wildman–Crippen MR) is 76.4 cm³/mol. The molecular formula is C16H24O2. The highest BCUT2D eigenvalue weighted by Gasteiger charge is 2.24. The summed E-state index contributed by atoms with van der Waals surface area (Å²) >= 11 is 0. The summed E-state index contributed by atoms with van der Waals surface area (Å²) in [6.45, 7) is 13.7. The maximum absolute atomic E-state index is 9.71. The Labute approximate surface area is 110 Å². The highest BCUT2D eigenvalue weighted by Crippen LogP contribution is 2.27. The fourth-order valence-corrected chi connectivity index (χ4v) is 1.60. The molecule has 100 valence electrons. The summed E-state index contributed by atoms with van der Waals surface area (Å²) in [6.07, 6.45) is 0. The van der Waals surface area contributed by atoms with Crippen LogP contribution in [-0.2, 0) is 10.3 Å². The SMILES string of the molecule is C=C(C)c1ccc(C(C)(C)OCC(C)(C)O)cc1. The third-order valence-electron chi connectivity index (χ3n) is 2.86. The molecule has 1 aromatic carbocycles. The molecule has 0 aliphatic rings. The smallest absolute Gasteiger partial charge is 0.0876 e. The van der Waals surface area contributed by atoms with Gasteiger partial charge in [-0.15, -0.1) is 0 Å². The normalized spacial score (nSPS) is 12.6. The highest BCUT2D eigenvalue weighted by atomic mass is 16.5. The molecule has 0 aromatic heterocycles. The minimum atomic E-state index is -0.811. The molecule has 0 atom stereocenters. The molecule has 2 nitrogen and oxygen atoms in total. The summed E-state index contributed by atoms with van der Waals surface area (Å²) in [6, 6.07) is 8.20. The summed E-state index contributed by atoms with van der Waals surface area (Å²) in [5, 5.41) is 9.71. The third-order valence-corrected chi connectivity index (χ3v) is 2.86. The van der Waals surface area contributed by atoms with Crippen molar-refractivity contribution in [2.45, 2.75) is 45.8 Å². The topological polar surface area (TPSA) is 29.5 Å². The average Bonchev–Trinajstić information content (AvgIpc) is 2.26. The molecule has 0 spiro atoms. The predicted octanol–water partition coefficient (Wildman–Crippen LogP) is 3.74. The van der Waals surface area contributed by atoms with Gasteiger partial charge < -0.3 is 9.84 Å². The average molecular weight is 248 g/mol. The first kappa shape index (κ1) is 14.9. The lowest BCUT2D eigenvalue weighted by atomic mass is 9.95. The van der Waals surface area contributed by atoms with E-state index >= 15 is 0 Å². The van der Waals surface area contributed by atoms with Crippen LogP contribution in [0.5, 0.6) is 0 Å². The van der Waals surface area contributed by atoms with E-state index in [-0.39, 0.29) is 0 Å². The number of benzene rings is 1. The summed E-state index contributed by atoms with van der Waals surface area (Å²) in [5.41, 5.74) is 2.06. The van der Waals surface area contributed by atoms with Gasteiger partial charge in [0.1, 0.15) is 0 Å². The van der Waals surface area contributed by atoms with E-state index in [4.69, 9.17) is 4.74 Å². The lowest BCUT2D eigenvalue weighted by Gasteiger charge is -2.29. The Balaban J connectivity index is 2.81. The Morgan fingerprint density at radius 2 is 1.67 bits per heavy atom. The van der Waals surface area contributed by atoms with Crippen molar-refractivity contribution in [1.82, 2.24) is 0 Å². The quantitative estimate of drug-likeness (QED) is 0.860. The summed E-state index contributed by atoms with van der Waals surface area (Å²) in [5.74, 6) is 0. The Morgan fingerprint density at radius 1 is 1.17 bits per heavy atom. The maximum atomic E-state index is 9.71. The minimum absolute atomic E-state index is 0.308. The summed E-state index contributed by atoms with van der Waals surface area (Å²) in [4.78, 5) is 0. The summed E-state index contributed by atoms with van der Waals surface area (Å²) < 4.78 is 5.81. The molecule has 2 heteroatoms. The van der Waals surface area contributed by atoms with E-state index in [1.54, 1.807) is 13.8 Å². The second kappa shape index (κ2) is 5.25. The van der Waals surface area contributed by atoms with Crippen LogP contribution in [0.3, 0.4) is 0 Å². The lowest BCUT2D eigenvalue weighted by Crippen LogP contribution is -2.32. The molecule has 0 bridgehead atoms. The van der Waals surface area contributed by atoms with Gasteiger partial charge in [0.2, 0.25) is 0 Å². The van der Waals surface area contributed by atoms with Gasteiger partial charge in [-0.05, 0) is 45.7 Å². The van der Waals surface area contributed by atoms with Crippen molar-refractivity contribution in [1.29, 1.82) is 0 Å². The molecule has 0 fully saturated rings. The van der Waals surface area contributed by atoms with Gasteiger partial charge in [0.15, 0.2) is 0 Å². The molecule has 0 radical (unpaired) electrons. The minimum Gasteiger partial charge on any atom is -0.388 e. The first-order valence-corrected chi connectivity index (χ1v) is 6.24. The van der Waals surface area contributed by atoms with Gasteiger partial charge in [0.25, 0.3) is 0 Å². The van der Waals surface area contributed by atoms with Gasteiger partial charge in [-0.1, -0.05) is 36.4 Å². The zero-order valence-electron chi connectivity index (χ0n) is 12.1. The molecule has 0 saturated heterocycles. The van der Waals surface area contributed by atoms with Gasteiger partial charge >= 0.3 is 0 Å². The largest absolute Gasteiger partial charge is 0.388 e. The number of hydrogen-bond donors (Lipinski definition) is 1. The van der Waals surface area contributed by atoms with Crippen molar-refractivity contribution in [3.05, 3.63) is 42.0 Å². The molecule has 0 saturated carbocycles. The number of hydrogen-bond acceptors (Lipinski definition) is 2. The summed E-state index contributed by atoms with van der Waals surface area (Å²) in [7, 11) is 0. The van der Waals surface area contributed by atoms with Crippen molar-refractivity contribution in [3.63, 3.8) is 0 Å². The van der Waals surface area contributed by atoms with E-state index in [1.165, 1.54) is 0 Å². The van der Waals surface area contributed by atoms with Crippen LogP contribution in [0.2, 0.25) is 0 Å². The monoisotopic (exact) mass is 248 g/mol. The van der Waals surface area contributed by atoms with E-state index in [0.29, 0.717) is 6.61 Å². The van der Waals surface area contributed by atoms with Crippen LogP contribution >= 0.6 is 0 Å². The molecule has 1 rings (SSSR count). The van der Waals surface area contributed by atoms with E-state index in [9.17, 15) is 5.11 Å². The number of rotatable bonds is 5. The van der Waals surface area contributed by atoms with E-state index in [1.807, 2.05) is 45.0 Å². The Kier molecular flexibility index (Phi) is 4.36. The fraction of sp³-hybridized carbons (Fsp3) is 0.500. The van der Waals surface area contributed by atoms with Crippen molar-refractivity contribution in [3.8, 4) is 0 Å². The first-order chi connectivity index (χ1) is 8.12. The highest BCUT2D eigenvalue weighted by molar-refractivity contribution is 5.61. The second-order valence-electron chi connectivity index (χ2n) is 5.97. The standard InChI is InChI=1S/C16H24O2/c1-12(2)13-7-9-14(10-8-13)16(5,6)18-11-15(3,4)17/h7-10,17H,1,11H2,2-6H3. The second-order valence-corrected chi connectivity index (χ2v) is 5.97. The van der Waals surface area contributed by atoms with Gasteiger partial charge in [0, 0.05) is 0 Å². The molecule has 0 unspecified atom stereocenters. The molecule has 0 aliphatic heterocycles. The van der Waals surface area contributed by atoms with Gasteiger partial charge in [-0.3, -0.25) is 0 Å². The molecule has 0 heterocycles. The molecule has 0 aliphatic carbocycles. The van der Waals surface area contributed by atoms with Crippen molar-refractivity contribution in [2.75, 3.05) is 6.61 Å². The van der Waals surface area contributed by atoms with E-state index < -0.39 is 11.2 Å². The molecule has 18 heavy (non-hydrogen) atoms. The number of aliphatic hydroxyl groups is 1.